The maximum absolute atomic E-state index is 13.1. The number of fused-ring (bicyclic) bond motifs is 1. The molecule has 196 valence electrons. The maximum atomic E-state index is 13.1. The van der Waals surface area contributed by atoms with Crippen molar-refractivity contribution in [1.29, 1.82) is 0 Å². The molecule has 2 aromatic heterocycles. The lowest BCUT2D eigenvalue weighted by Gasteiger charge is -2.35. The second-order valence-corrected chi connectivity index (χ2v) is 9.56. The van der Waals surface area contributed by atoms with Gasteiger partial charge in [-0.3, -0.25) is 9.59 Å². The van der Waals surface area contributed by atoms with E-state index in [1.807, 2.05) is 13.8 Å². The number of ether oxygens (including phenoxy) is 1. The predicted molar refractivity (Wildman–Crippen MR) is 121 cm³/mol. The SMILES string of the molecule is CC(C)C[n+]1c(O)c(C(=O)NC2CC2)c(=O)n2[nH]cc(/C=C/C(=O)N3CCOC[C@@H]3CC(F)(F)F)c21. The topological polar surface area (TPSA) is 120 Å². The van der Waals surface area contributed by atoms with E-state index in [0.29, 0.717) is 5.56 Å². The number of H-pyrrole nitrogens is 1. The van der Waals surface area contributed by atoms with Crippen LogP contribution in [0.4, 0.5) is 13.2 Å². The lowest BCUT2D eigenvalue weighted by Crippen LogP contribution is -2.49. The molecule has 1 saturated carbocycles. The Morgan fingerprint density at radius 1 is 1.36 bits per heavy atom. The van der Waals surface area contributed by atoms with Gasteiger partial charge in [-0.25, -0.2) is 9.89 Å². The third-order valence-corrected chi connectivity index (χ3v) is 6.04. The van der Waals surface area contributed by atoms with Crippen molar-refractivity contribution < 1.29 is 37.2 Å². The summed E-state index contributed by atoms with van der Waals surface area (Å²) in [6.45, 7) is 3.97. The van der Waals surface area contributed by atoms with Crippen molar-refractivity contribution in [2.45, 2.75) is 57.9 Å². The molecule has 1 saturated heterocycles. The van der Waals surface area contributed by atoms with E-state index >= 15 is 0 Å². The highest BCUT2D eigenvalue weighted by atomic mass is 19.4. The van der Waals surface area contributed by atoms with Gasteiger partial charge in [-0.2, -0.15) is 17.7 Å². The van der Waals surface area contributed by atoms with Gasteiger partial charge in [0.2, 0.25) is 11.5 Å². The third-order valence-electron chi connectivity index (χ3n) is 6.04. The second-order valence-electron chi connectivity index (χ2n) is 9.56. The lowest BCUT2D eigenvalue weighted by molar-refractivity contribution is -0.686. The van der Waals surface area contributed by atoms with Crippen LogP contribution >= 0.6 is 0 Å². The Morgan fingerprint density at radius 3 is 2.72 bits per heavy atom. The van der Waals surface area contributed by atoms with Crippen LogP contribution in [0.2, 0.25) is 0 Å². The summed E-state index contributed by atoms with van der Waals surface area (Å²) in [4.78, 5) is 39.7. The van der Waals surface area contributed by atoms with Gasteiger partial charge < -0.3 is 20.1 Å². The number of carbonyl (C=O) groups is 2. The highest BCUT2D eigenvalue weighted by Crippen LogP contribution is 2.26. The van der Waals surface area contributed by atoms with E-state index in [1.165, 1.54) is 16.8 Å². The van der Waals surface area contributed by atoms with E-state index in [2.05, 4.69) is 10.4 Å². The molecule has 3 heterocycles. The standard InChI is InChI=1S/C23H28F3N5O5/c1-13(2)11-30-20-14(3-6-17(32)29-7-8-36-12-16(29)9-23(24,25)26)10-27-31(20)22(35)18(21(30)34)19(33)28-15-4-5-15/h3,6,10,13,15-16H,4-5,7-9,11-12H2,1-2H3,(H2,28,33,34,35)/p+1/b6-3+/t16-/m0/s1. The number of aromatic hydroxyl groups is 1. The molecule has 0 radical (unpaired) electrons. The summed E-state index contributed by atoms with van der Waals surface area (Å²) in [7, 11) is 0. The minimum Gasteiger partial charge on any atom is -0.477 e. The van der Waals surface area contributed by atoms with Crippen LogP contribution < -0.4 is 15.4 Å². The first kappa shape index (κ1) is 25.7. The Hall–Kier alpha value is -3.35. The number of aromatic nitrogens is 3. The maximum Gasteiger partial charge on any atom is 0.391 e. The number of halogens is 3. The van der Waals surface area contributed by atoms with Gasteiger partial charge in [0.1, 0.15) is 0 Å². The van der Waals surface area contributed by atoms with E-state index in [1.54, 1.807) is 0 Å². The number of hydrogen-bond acceptors (Lipinski definition) is 5. The molecule has 2 aliphatic rings. The summed E-state index contributed by atoms with van der Waals surface area (Å²) in [5, 5.41) is 16.4. The van der Waals surface area contributed by atoms with Crippen LogP contribution in [-0.4, -0.2) is 69.5 Å². The van der Waals surface area contributed by atoms with Gasteiger partial charge in [0.25, 0.3) is 5.91 Å². The molecule has 0 unspecified atom stereocenters. The molecule has 0 aromatic carbocycles. The van der Waals surface area contributed by atoms with Crippen molar-refractivity contribution in [2.24, 2.45) is 5.92 Å². The molecule has 2 fully saturated rings. The molecule has 1 atom stereocenters. The Bertz CT molecular complexity index is 1250. The number of alkyl halides is 3. The number of nitrogens with one attached hydrogen (secondary N) is 2. The van der Waals surface area contributed by atoms with Gasteiger partial charge in [-0.05, 0) is 24.8 Å². The van der Waals surface area contributed by atoms with Crippen molar-refractivity contribution in [3.63, 3.8) is 0 Å². The number of morpholine rings is 1. The predicted octanol–water partition coefficient (Wildman–Crippen LogP) is 1.36. The summed E-state index contributed by atoms with van der Waals surface area (Å²) >= 11 is 0. The molecule has 2 aromatic rings. The molecule has 0 spiro atoms. The summed E-state index contributed by atoms with van der Waals surface area (Å²) < 4.78 is 46.5. The van der Waals surface area contributed by atoms with Crippen molar-refractivity contribution in [3.8, 4) is 5.88 Å². The van der Waals surface area contributed by atoms with Crippen molar-refractivity contribution >= 4 is 23.5 Å². The van der Waals surface area contributed by atoms with Gasteiger partial charge in [-0.15, -0.1) is 0 Å². The fraction of sp³-hybridized carbons (Fsp3) is 0.565. The van der Waals surface area contributed by atoms with Gasteiger partial charge in [0, 0.05) is 18.7 Å². The number of nitrogens with zero attached hydrogens (tertiary/aromatic N) is 3. The number of amides is 2. The van der Waals surface area contributed by atoms with E-state index in [9.17, 15) is 32.7 Å². The number of rotatable bonds is 7. The highest BCUT2D eigenvalue weighted by Gasteiger charge is 2.38. The molecule has 13 heteroatoms. The fourth-order valence-electron chi connectivity index (χ4n) is 4.25. The van der Waals surface area contributed by atoms with Crippen LogP contribution in [0, 0.1) is 5.92 Å². The van der Waals surface area contributed by atoms with Crippen LogP contribution in [0.1, 0.15) is 49.0 Å². The van der Waals surface area contributed by atoms with Crippen LogP contribution in [0.25, 0.3) is 11.7 Å². The second kappa shape index (κ2) is 9.96. The first-order valence-corrected chi connectivity index (χ1v) is 11.8. The molecule has 4 rings (SSSR count). The number of hydrogen-bond donors (Lipinski definition) is 3. The Labute approximate surface area is 204 Å². The molecule has 1 aliphatic heterocycles. The van der Waals surface area contributed by atoms with Crippen molar-refractivity contribution in [3.05, 3.63) is 33.8 Å². The van der Waals surface area contributed by atoms with Crippen molar-refractivity contribution in [1.82, 2.24) is 19.8 Å². The fourth-order valence-corrected chi connectivity index (χ4v) is 4.25. The molecule has 2 amide bonds. The number of carbonyl (C=O) groups excluding carboxylic acids is 2. The summed E-state index contributed by atoms with van der Waals surface area (Å²) in [6.07, 6.45) is -0.0916. The molecule has 10 nitrogen and oxygen atoms in total. The molecular formula is C23H29F3N5O5+. The normalized spacial score (nSPS) is 18.9. The van der Waals surface area contributed by atoms with Gasteiger partial charge in [-0.1, -0.05) is 18.4 Å². The molecule has 3 N–H and O–H groups in total. The summed E-state index contributed by atoms with van der Waals surface area (Å²) in [6, 6.07) is -1.16. The smallest absolute Gasteiger partial charge is 0.391 e. The zero-order chi connectivity index (χ0) is 26.2. The quantitative estimate of drug-likeness (QED) is 0.382. The van der Waals surface area contributed by atoms with Crippen LogP contribution in [0.3, 0.4) is 0 Å². The van der Waals surface area contributed by atoms with E-state index in [4.69, 9.17) is 4.74 Å². The van der Waals surface area contributed by atoms with Crippen LogP contribution in [0.5, 0.6) is 5.88 Å². The molecular weight excluding hydrogens is 483 g/mol. The molecule has 1 aliphatic carbocycles. The largest absolute Gasteiger partial charge is 0.477 e. The Balaban J connectivity index is 1.69. The van der Waals surface area contributed by atoms with E-state index < -0.39 is 47.5 Å². The Kier molecular flexibility index (Phi) is 7.12. The van der Waals surface area contributed by atoms with Crippen LogP contribution in [0.15, 0.2) is 17.1 Å². The monoisotopic (exact) mass is 512 g/mol. The minimum atomic E-state index is -4.45. The first-order valence-electron chi connectivity index (χ1n) is 11.8. The van der Waals surface area contributed by atoms with Crippen molar-refractivity contribution in [2.75, 3.05) is 19.8 Å². The average molecular weight is 513 g/mol. The Morgan fingerprint density at radius 2 is 2.08 bits per heavy atom. The van der Waals surface area contributed by atoms with Gasteiger partial charge in [0.05, 0.1) is 44.0 Å². The van der Waals surface area contributed by atoms with Gasteiger partial charge in [0.15, 0.2) is 0 Å². The minimum absolute atomic E-state index is 0.0187. The third kappa shape index (κ3) is 5.55. The molecule has 0 bridgehead atoms. The zero-order valence-corrected chi connectivity index (χ0v) is 20.0. The molecule has 36 heavy (non-hydrogen) atoms. The average Bonchev–Trinajstić information content (AvgIpc) is 3.49. The lowest BCUT2D eigenvalue weighted by atomic mass is 10.1. The van der Waals surface area contributed by atoms with Crippen LogP contribution in [-0.2, 0) is 16.1 Å². The summed E-state index contributed by atoms with van der Waals surface area (Å²) in [5.74, 6) is -1.77. The van der Waals surface area contributed by atoms with E-state index in [0.717, 1.165) is 28.3 Å². The van der Waals surface area contributed by atoms with E-state index in [-0.39, 0.29) is 43.9 Å². The first-order chi connectivity index (χ1) is 17.0. The number of aromatic amines is 1. The highest BCUT2D eigenvalue weighted by molar-refractivity contribution is 5.96. The zero-order valence-electron chi connectivity index (χ0n) is 20.0. The van der Waals surface area contributed by atoms with Gasteiger partial charge >= 0.3 is 23.3 Å². The summed E-state index contributed by atoms with van der Waals surface area (Å²) in [5.41, 5.74) is -0.597.